The maximum Gasteiger partial charge on any atom is 0.0986 e. The molecular weight excluding hydrogens is 148 g/mol. The number of likely N-dealkylation sites (tertiary alicyclic amines) is 1. The molecule has 2 nitrogen and oxygen atoms in total. The molecule has 0 aromatic heterocycles. The maximum atomic E-state index is 7.89. The zero-order valence-electron chi connectivity index (χ0n) is 8.43. The van der Waals surface area contributed by atoms with Crippen molar-refractivity contribution >= 4 is 5.84 Å². The highest BCUT2D eigenvalue weighted by Crippen LogP contribution is 2.18. The largest absolute Gasteiger partial charge is 0.358 e. The minimum atomic E-state index is 0.380. The molecule has 1 saturated heterocycles. The van der Waals surface area contributed by atoms with Crippen molar-refractivity contribution in [2.45, 2.75) is 46.1 Å². The van der Waals surface area contributed by atoms with Gasteiger partial charge in [-0.2, -0.15) is 0 Å². The second kappa shape index (κ2) is 3.92. The summed E-state index contributed by atoms with van der Waals surface area (Å²) in [7, 11) is 0. The Labute approximate surface area is 75.5 Å². The molecule has 1 unspecified atom stereocenters. The van der Waals surface area contributed by atoms with E-state index in [4.69, 9.17) is 5.41 Å². The topological polar surface area (TPSA) is 27.1 Å². The first-order chi connectivity index (χ1) is 5.63. The average molecular weight is 168 g/mol. The van der Waals surface area contributed by atoms with E-state index < -0.39 is 0 Å². The second-order valence-electron chi connectivity index (χ2n) is 4.08. The van der Waals surface area contributed by atoms with Crippen LogP contribution in [0, 0.1) is 11.3 Å². The lowest BCUT2D eigenvalue weighted by Crippen LogP contribution is -2.43. The average Bonchev–Trinajstić information content (AvgIpc) is 2.04. The molecule has 0 radical (unpaired) electrons. The van der Waals surface area contributed by atoms with Gasteiger partial charge < -0.3 is 4.90 Å². The summed E-state index contributed by atoms with van der Waals surface area (Å²) in [6.07, 6.45) is 3.86. The van der Waals surface area contributed by atoms with Crippen LogP contribution in [0.15, 0.2) is 0 Å². The number of nitrogens with zero attached hydrogens (tertiary/aromatic N) is 1. The molecule has 1 heterocycles. The van der Waals surface area contributed by atoms with E-state index in [0.29, 0.717) is 12.0 Å². The molecule has 1 rings (SSSR count). The Morgan fingerprint density at radius 1 is 1.42 bits per heavy atom. The van der Waals surface area contributed by atoms with Gasteiger partial charge in [-0.3, -0.25) is 5.41 Å². The minimum Gasteiger partial charge on any atom is -0.358 e. The van der Waals surface area contributed by atoms with Crippen LogP contribution in [0.25, 0.3) is 0 Å². The molecule has 2 heteroatoms. The number of nitrogens with one attached hydrogen (secondary N) is 1. The monoisotopic (exact) mass is 168 g/mol. The van der Waals surface area contributed by atoms with Crippen LogP contribution in [0.1, 0.15) is 40.0 Å². The third-order valence-electron chi connectivity index (χ3n) is 2.66. The van der Waals surface area contributed by atoms with Crippen LogP contribution >= 0.6 is 0 Å². The summed E-state index contributed by atoms with van der Waals surface area (Å²) in [5.74, 6) is 1.20. The van der Waals surface area contributed by atoms with E-state index in [2.05, 4.69) is 25.7 Å². The minimum absolute atomic E-state index is 0.380. The third-order valence-corrected chi connectivity index (χ3v) is 2.66. The second-order valence-corrected chi connectivity index (χ2v) is 4.08. The van der Waals surface area contributed by atoms with Crippen molar-refractivity contribution < 1.29 is 0 Å². The van der Waals surface area contributed by atoms with Crippen molar-refractivity contribution in [3.05, 3.63) is 0 Å². The fourth-order valence-corrected chi connectivity index (χ4v) is 1.79. The van der Waals surface area contributed by atoms with Crippen LogP contribution in [0.4, 0.5) is 0 Å². The Kier molecular flexibility index (Phi) is 3.12. The summed E-state index contributed by atoms with van der Waals surface area (Å²) < 4.78 is 0. The SMILES string of the molecule is CC(C)C(=N)N1CCCCC1C. The third kappa shape index (κ3) is 1.99. The van der Waals surface area contributed by atoms with Crippen molar-refractivity contribution in [1.82, 2.24) is 4.90 Å². The number of rotatable bonds is 1. The first-order valence-electron chi connectivity index (χ1n) is 4.98. The normalized spacial score (nSPS) is 24.7. The van der Waals surface area contributed by atoms with Crippen molar-refractivity contribution in [3.63, 3.8) is 0 Å². The zero-order chi connectivity index (χ0) is 9.14. The lowest BCUT2D eigenvalue weighted by molar-refractivity contribution is 0.247. The van der Waals surface area contributed by atoms with Crippen molar-refractivity contribution in [2.75, 3.05) is 6.54 Å². The van der Waals surface area contributed by atoms with Crippen LogP contribution < -0.4 is 0 Å². The molecule has 0 spiro atoms. The molecule has 0 aliphatic carbocycles. The predicted molar refractivity (Wildman–Crippen MR) is 52.6 cm³/mol. The Morgan fingerprint density at radius 3 is 2.58 bits per heavy atom. The molecule has 1 aliphatic rings. The summed E-state index contributed by atoms with van der Waals surface area (Å²) in [5.41, 5.74) is 0. The van der Waals surface area contributed by atoms with Crippen LogP contribution in [-0.2, 0) is 0 Å². The van der Waals surface area contributed by atoms with Gasteiger partial charge >= 0.3 is 0 Å². The Hall–Kier alpha value is -0.530. The predicted octanol–water partition coefficient (Wildman–Crippen LogP) is 2.49. The van der Waals surface area contributed by atoms with E-state index in [-0.39, 0.29) is 0 Å². The van der Waals surface area contributed by atoms with Gasteiger partial charge in [0.05, 0.1) is 5.84 Å². The quantitative estimate of drug-likeness (QED) is 0.472. The van der Waals surface area contributed by atoms with Crippen molar-refractivity contribution in [3.8, 4) is 0 Å². The molecule has 0 aromatic carbocycles. The van der Waals surface area contributed by atoms with Gasteiger partial charge in [-0.25, -0.2) is 0 Å². The summed E-state index contributed by atoms with van der Waals surface area (Å²) >= 11 is 0. The first-order valence-corrected chi connectivity index (χ1v) is 4.98. The fourth-order valence-electron chi connectivity index (χ4n) is 1.79. The molecule has 0 bridgehead atoms. The van der Waals surface area contributed by atoms with Crippen molar-refractivity contribution in [2.24, 2.45) is 5.92 Å². The molecule has 1 N–H and O–H groups in total. The summed E-state index contributed by atoms with van der Waals surface area (Å²) in [5, 5.41) is 7.89. The maximum absolute atomic E-state index is 7.89. The highest BCUT2D eigenvalue weighted by atomic mass is 15.2. The van der Waals surface area contributed by atoms with E-state index in [1.165, 1.54) is 19.3 Å². The molecule has 70 valence electrons. The van der Waals surface area contributed by atoms with E-state index in [9.17, 15) is 0 Å². The number of amidine groups is 1. The molecule has 0 amide bonds. The highest BCUT2D eigenvalue weighted by molar-refractivity contribution is 5.81. The fraction of sp³-hybridized carbons (Fsp3) is 0.900. The molecule has 12 heavy (non-hydrogen) atoms. The summed E-state index contributed by atoms with van der Waals surface area (Å²) in [6.45, 7) is 7.53. The van der Waals surface area contributed by atoms with Gasteiger partial charge in [-0.1, -0.05) is 13.8 Å². The standard InChI is InChI=1S/C10H20N2/c1-8(2)10(11)12-7-5-4-6-9(12)3/h8-9,11H,4-7H2,1-3H3. The van der Waals surface area contributed by atoms with E-state index in [1.807, 2.05) is 0 Å². The summed E-state index contributed by atoms with van der Waals surface area (Å²) in [6, 6.07) is 0.591. The van der Waals surface area contributed by atoms with Gasteiger partial charge in [-0.15, -0.1) is 0 Å². The van der Waals surface area contributed by atoms with Crippen LogP contribution in [0.5, 0.6) is 0 Å². The lowest BCUT2D eigenvalue weighted by Gasteiger charge is -2.36. The Bertz CT molecular complexity index is 163. The van der Waals surface area contributed by atoms with Gasteiger partial charge in [0.25, 0.3) is 0 Å². The smallest absolute Gasteiger partial charge is 0.0986 e. The molecular formula is C10H20N2. The first kappa shape index (κ1) is 9.56. The van der Waals surface area contributed by atoms with E-state index >= 15 is 0 Å². The highest BCUT2D eigenvalue weighted by Gasteiger charge is 2.21. The van der Waals surface area contributed by atoms with Crippen molar-refractivity contribution in [1.29, 1.82) is 5.41 Å². The Morgan fingerprint density at radius 2 is 2.08 bits per heavy atom. The lowest BCUT2D eigenvalue weighted by atomic mass is 10.0. The molecule has 1 atom stereocenters. The van der Waals surface area contributed by atoms with Gasteiger partial charge in [0.2, 0.25) is 0 Å². The van der Waals surface area contributed by atoms with E-state index in [1.54, 1.807) is 0 Å². The number of piperidine rings is 1. The molecule has 0 saturated carbocycles. The van der Waals surface area contributed by atoms with Gasteiger partial charge in [-0.05, 0) is 26.2 Å². The molecule has 0 aromatic rings. The Balaban J connectivity index is 2.53. The van der Waals surface area contributed by atoms with Gasteiger partial charge in [0.1, 0.15) is 0 Å². The van der Waals surface area contributed by atoms with Crippen LogP contribution in [0.3, 0.4) is 0 Å². The van der Waals surface area contributed by atoms with Crippen LogP contribution in [0.2, 0.25) is 0 Å². The van der Waals surface area contributed by atoms with Crippen LogP contribution in [-0.4, -0.2) is 23.3 Å². The van der Waals surface area contributed by atoms with Gasteiger partial charge in [0.15, 0.2) is 0 Å². The van der Waals surface area contributed by atoms with Gasteiger partial charge in [0, 0.05) is 18.5 Å². The van der Waals surface area contributed by atoms with E-state index in [0.717, 1.165) is 12.4 Å². The zero-order valence-corrected chi connectivity index (χ0v) is 8.43. The number of hydrogen-bond acceptors (Lipinski definition) is 1. The molecule has 1 aliphatic heterocycles. The number of hydrogen-bond donors (Lipinski definition) is 1. The molecule has 1 fully saturated rings. The summed E-state index contributed by atoms with van der Waals surface area (Å²) in [4.78, 5) is 2.26.